The van der Waals surface area contributed by atoms with E-state index < -0.39 is 17.3 Å². The van der Waals surface area contributed by atoms with Crippen LogP contribution >= 0.6 is 11.6 Å². The maximum absolute atomic E-state index is 11.6. The number of hydrogen-bond acceptors (Lipinski definition) is 2. The van der Waals surface area contributed by atoms with E-state index in [2.05, 4.69) is 5.32 Å². The van der Waals surface area contributed by atoms with Gasteiger partial charge in [-0.05, 0) is 38.0 Å². The third-order valence-electron chi connectivity index (χ3n) is 2.71. The Balaban J connectivity index is 2.45. The van der Waals surface area contributed by atoms with E-state index in [1.165, 1.54) is 13.8 Å². The minimum Gasteiger partial charge on any atom is -0.480 e. The summed E-state index contributed by atoms with van der Waals surface area (Å²) in [5.74, 6) is -1.62. The predicted octanol–water partition coefficient (Wildman–Crippen LogP) is 2.11. The number of carboxylic acid groups (broad SMARTS) is 1. The molecule has 0 radical (unpaired) electrons. The maximum Gasteiger partial charge on any atom is 0.318 e. The molecule has 0 atom stereocenters. The normalized spacial score (nSPS) is 11.1. The number of carboxylic acids is 1. The molecule has 98 valence electrons. The van der Waals surface area contributed by atoms with Gasteiger partial charge in [-0.2, -0.15) is 0 Å². The van der Waals surface area contributed by atoms with Gasteiger partial charge in [-0.3, -0.25) is 9.59 Å². The molecular formula is C13H16ClNO3. The number of carbonyl (C=O) groups is 2. The standard InChI is InChI=1S/C13H16ClNO3/c1-13(2,12(17)18)11(16)15-8-7-9-3-5-10(14)6-4-9/h3-6H,7-8H2,1-2H3,(H,15,16)(H,17,18). The number of nitrogens with one attached hydrogen (secondary N) is 1. The van der Waals surface area contributed by atoms with Crippen LogP contribution in [0, 0.1) is 5.41 Å². The van der Waals surface area contributed by atoms with Crippen LogP contribution in [0.4, 0.5) is 0 Å². The molecule has 5 heteroatoms. The fourth-order valence-corrected chi connectivity index (χ4v) is 1.42. The van der Waals surface area contributed by atoms with Gasteiger partial charge in [-0.25, -0.2) is 0 Å². The Morgan fingerprint density at radius 3 is 2.33 bits per heavy atom. The van der Waals surface area contributed by atoms with Crippen molar-refractivity contribution < 1.29 is 14.7 Å². The zero-order valence-electron chi connectivity index (χ0n) is 10.4. The second kappa shape index (κ2) is 5.87. The van der Waals surface area contributed by atoms with Crippen molar-refractivity contribution in [3.8, 4) is 0 Å². The summed E-state index contributed by atoms with van der Waals surface area (Å²) in [4.78, 5) is 22.5. The van der Waals surface area contributed by atoms with E-state index in [1.54, 1.807) is 12.1 Å². The van der Waals surface area contributed by atoms with Crippen LogP contribution in [0.2, 0.25) is 5.02 Å². The fourth-order valence-electron chi connectivity index (χ4n) is 1.29. The number of hydrogen-bond donors (Lipinski definition) is 2. The molecule has 0 fully saturated rings. The van der Waals surface area contributed by atoms with Crippen LogP contribution in [-0.4, -0.2) is 23.5 Å². The third kappa shape index (κ3) is 3.74. The highest BCUT2D eigenvalue weighted by atomic mass is 35.5. The summed E-state index contributed by atoms with van der Waals surface area (Å²) in [5, 5.41) is 12.2. The predicted molar refractivity (Wildman–Crippen MR) is 69.6 cm³/mol. The first-order valence-electron chi connectivity index (χ1n) is 5.60. The number of carbonyl (C=O) groups excluding carboxylic acids is 1. The second-order valence-corrected chi connectivity index (χ2v) is 5.00. The first-order chi connectivity index (χ1) is 8.34. The molecule has 1 aromatic carbocycles. The Labute approximate surface area is 111 Å². The van der Waals surface area contributed by atoms with Crippen LogP contribution in [0.3, 0.4) is 0 Å². The first-order valence-corrected chi connectivity index (χ1v) is 5.98. The fraction of sp³-hybridized carbons (Fsp3) is 0.385. The molecule has 0 spiro atoms. The van der Waals surface area contributed by atoms with Crippen molar-refractivity contribution in [2.24, 2.45) is 5.41 Å². The lowest BCUT2D eigenvalue weighted by molar-refractivity contribution is -0.153. The van der Waals surface area contributed by atoms with Crippen LogP contribution in [0.1, 0.15) is 19.4 Å². The van der Waals surface area contributed by atoms with Crippen molar-refractivity contribution in [3.05, 3.63) is 34.9 Å². The summed E-state index contributed by atoms with van der Waals surface area (Å²) in [6.45, 7) is 3.16. The van der Waals surface area contributed by atoms with E-state index in [0.717, 1.165) is 5.56 Å². The first kappa shape index (κ1) is 14.5. The van der Waals surface area contributed by atoms with Gasteiger partial charge in [0, 0.05) is 11.6 Å². The summed E-state index contributed by atoms with van der Waals surface area (Å²) < 4.78 is 0. The van der Waals surface area contributed by atoms with Gasteiger partial charge in [0.05, 0.1) is 0 Å². The van der Waals surface area contributed by atoms with Crippen LogP contribution in [-0.2, 0) is 16.0 Å². The lowest BCUT2D eigenvalue weighted by Crippen LogP contribution is -2.42. The van der Waals surface area contributed by atoms with E-state index in [9.17, 15) is 9.59 Å². The minimum atomic E-state index is -1.40. The Bertz CT molecular complexity index is 440. The Hall–Kier alpha value is -1.55. The van der Waals surface area contributed by atoms with Crippen LogP contribution in [0.25, 0.3) is 0 Å². The smallest absolute Gasteiger partial charge is 0.318 e. The maximum atomic E-state index is 11.6. The zero-order valence-corrected chi connectivity index (χ0v) is 11.1. The summed E-state index contributed by atoms with van der Waals surface area (Å²) in [5.41, 5.74) is -0.368. The van der Waals surface area contributed by atoms with E-state index in [0.29, 0.717) is 18.0 Å². The van der Waals surface area contributed by atoms with Crippen molar-refractivity contribution in [1.29, 1.82) is 0 Å². The monoisotopic (exact) mass is 269 g/mol. The van der Waals surface area contributed by atoms with Gasteiger partial charge < -0.3 is 10.4 Å². The highest BCUT2D eigenvalue weighted by Gasteiger charge is 2.35. The van der Waals surface area contributed by atoms with Crippen molar-refractivity contribution in [2.75, 3.05) is 6.54 Å². The van der Waals surface area contributed by atoms with Crippen LogP contribution in [0.15, 0.2) is 24.3 Å². The van der Waals surface area contributed by atoms with Gasteiger partial charge >= 0.3 is 5.97 Å². The Morgan fingerprint density at radius 2 is 1.83 bits per heavy atom. The molecule has 1 amide bonds. The summed E-state index contributed by atoms with van der Waals surface area (Å²) in [6, 6.07) is 7.30. The molecule has 1 rings (SSSR count). The van der Waals surface area contributed by atoms with E-state index in [4.69, 9.17) is 16.7 Å². The van der Waals surface area contributed by atoms with Gasteiger partial charge in [0.25, 0.3) is 0 Å². The SMILES string of the molecule is CC(C)(C(=O)O)C(=O)NCCc1ccc(Cl)cc1. The average Bonchev–Trinajstić information content (AvgIpc) is 2.31. The number of aliphatic carboxylic acids is 1. The molecule has 0 unspecified atom stereocenters. The van der Waals surface area contributed by atoms with E-state index >= 15 is 0 Å². The zero-order chi connectivity index (χ0) is 13.8. The molecule has 1 aromatic rings. The van der Waals surface area contributed by atoms with E-state index in [1.807, 2.05) is 12.1 Å². The summed E-state index contributed by atoms with van der Waals surface area (Å²) >= 11 is 5.76. The molecule has 2 N–H and O–H groups in total. The van der Waals surface area contributed by atoms with Crippen molar-refractivity contribution in [2.45, 2.75) is 20.3 Å². The highest BCUT2D eigenvalue weighted by Crippen LogP contribution is 2.15. The summed E-state index contributed by atoms with van der Waals surface area (Å²) in [6.07, 6.45) is 0.638. The van der Waals surface area contributed by atoms with Crippen molar-refractivity contribution in [1.82, 2.24) is 5.32 Å². The van der Waals surface area contributed by atoms with Crippen molar-refractivity contribution in [3.63, 3.8) is 0 Å². The Kier molecular flexibility index (Phi) is 4.73. The van der Waals surface area contributed by atoms with Crippen LogP contribution in [0.5, 0.6) is 0 Å². The van der Waals surface area contributed by atoms with Gasteiger partial charge in [0.1, 0.15) is 5.41 Å². The molecule has 0 saturated carbocycles. The molecule has 0 heterocycles. The van der Waals surface area contributed by atoms with Crippen molar-refractivity contribution >= 4 is 23.5 Å². The number of benzene rings is 1. The number of amides is 1. The van der Waals surface area contributed by atoms with Crippen LogP contribution < -0.4 is 5.32 Å². The topological polar surface area (TPSA) is 66.4 Å². The third-order valence-corrected chi connectivity index (χ3v) is 2.97. The minimum absolute atomic E-state index is 0.400. The second-order valence-electron chi connectivity index (χ2n) is 4.56. The molecule has 0 saturated heterocycles. The Morgan fingerprint density at radius 1 is 1.28 bits per heavy atom. The molecule has 0 aliphatic carbocycles. The lowest BCUT2D eigenvalue weighted by atomic mass is 9.92. The average molecular weight is 270 g/mol. The van der Waals surface area contributed by atoms with E-state index in [-0.39, 0.29) is 0 Å². The summed E-state index contributed by atoms with van der Waals surface area (Å²) in [7, 11) is 0. The quantitative estimate of drug-likeness (QED) is 0.805. The molecular weight excluding hydrogens is 254 g/mol. The molecule has 18 heavy (non-hydrogen) atoms. The molecule has 0 aliphatic rings. The highest BCUT2D eigenvalue weighted by molar-refractivity contribution is 6.30. The molecule has 0 bridgehead atoms. The van der Waals surface area contributed by atoms with Gasteiger partial charge in [0.15, 0.2) is 0 Å². The number of rotatable bonds is 5. The molecule has 0 aromatic heterocycles. The number of halogens is 1. The molecule has 4 nitrogen and oxygen atoms in total. The van der Waals surface area contributed by atoms with Gasteiger partial charge in [-0.15, -0.1) is 0 Å². The van der Waals surface area contributed by atoms with Gasteiger partial charge in [0.2, 0.25) is 5.91 Å². The largest absolute Gasteiger partial charge is 0.480 e. The van der Waals surface area contributed by atoms with Gasteiger partial charge in [-0.1, -0.05) is 23.7 Å². The lowest BCUT2D eigenvalue weighted by Gasteiger charge is -2.18. The molecule has 0 aliphatic heterocycles.